The summed E-state index contributed by atoms with van der Waals surface area (Å²) < 4.78 is 1.36. The van der Waals surface area contributed by atoms with Crippen molar-refractivity contribution in [3.05, 3.63) is 310 Å². The molecule has 1 heterocycles. The maximum atomic E-state index is 3.96. The summed E-state index contributed by atoms with van der Waals surface area (Å²) in [4.78, 5) is 6.24. The number of thiophene rings is 1. The first-order valence-corrected chi connectivity index (χ1v) is 31.1. The fraction of sp³-hybridized carbons (Fsp3) is 0.133. The van der Waals surface area contributed by atoms with Crippen LogP contribution in [0.3, 0.4) is 0 Å². The highest BCUT2D eigenvalue weighted by atomic mass is 32.1. The van der Waals surface area contributed by atoms with Crippen LogP contribution >= 0.6 is 11.3 Å². The van der Waals surface area contributed by atoms with Crippen LogP contribution in [0.5, 0.6) is 0 Å². The molecule has 0 saturated heterocycles. The van der Waals surface area contributed by atoms with Crippen molar-refractivity contribution in [2.75, 3.05) is 16.8 Å². The van der Waals surface area contributed by atoms with Crippen molar-refractivity contribution in [1.29, 1.82) is 0 Å². The summed E-state index contributed by atoms with van der Waals surface area (Å²) in [5.41, 5.74) is 31.1. The molecule has 86 heavy (non-hydrogen) atoms. The number of benzene rings is 9. The summed E-state index contributed by atoms with van der Waals surface area (Å²) in [7, 11) is 2.14. The van der Waals surface area contributed by atoms with Gasteiger partial charge in [0.1, 0.15) is 0 Å². The lowest BCUT2D eigenvalue weighted by molar-refractivity contribution is 0.683. The van der Waals surface area contributed by atoms with Crippen molar-refractivity contribution in [2.24, 2.45) is 0 Å². The molecule has 0 bridgehead atoms. The lowest BCUT2D eigenvalue weighted by Gasteiger charge is -2.32. The Kier molecular flexibility index (Phi) is 15.2. The Balaban J connectivity index is 0.765. The van der Waals surface area contributed by atoms with Gasteiger partial charge in [-0.25, -0.2) is 0 Å². The molecule has 0 atom stereocenters. The fourth-order valence-corrected chi connectivity index (χ4v) is 14.1. The van der Waals surface area contributed by atoms with E-state index in [1.807, 2.05) is 23.5 Å². The molecule has 0 amide bonds. The maximum Gasteiger partial charge on any atom is 0.0461 e. The molecule has 3 aliphatic rings. The van der Waals surface area contributed by atoms with Crippen molar-refractivity contribution < 1.29 is 0 Å². The highest BCUT2D eigenvalue weighted by molar-refractivity contribution is 7.19. The van der Waals surface area contributed by atoms with E-state index in [4.69, 9.17) is 0 Å². The molecular formula is C83H72N2S. The molecule has 0 saturated carbocycles. The number of allylic oxidation sites excluding steroid dienone is 11. The van der Waals surface area contributed by atoms with Gasteiger partial charge in [-0.15, -0.1) is 11.3 Å². The number of nitrogens with zero attached hydrogens (tertiary/aromatic N) is 2. The van der Waals surface area contributed by atoms with Gasteiger partial charge in [0, 0.05) is 55.9 Å². The third-order valence-electron chi connectivity index (χ3n) is 18.0. The van der Waals surface area contributed by atoms with E-state index in [1.54, 1.807) is 0 Å². The number of anilines is 4. The minimum Gasteiger partial charge on any atom is -0.345 e. The van der Waals surface area contributed by atoms with Crippen molar-refractivity contribution in [3.8, 4) is 55.6 Å². The van der Waals surface area contributed by atoms with Crippen LogP contribution in [0.25, 0.3) is 89.5 Å². The molecular weight excluding hydrogens is 1060 g/mol. The molecule has 0 fully saturated rings. The molecule has 1 aromatic heterocycles. The predicted octanol–water partition coefficient (Wildman–Crippen LogP) is 23.5. The summed E-state index contributed by atoms with van der Waals surface area (Å²) in [6.07, 6.45) is 26.2. The second kappa shape index (κ2) is 23.5. The number of rotatable bonds is 15. The zero-order valence-electron chi connectivity index (χ0n) is 50.3. The molecule has 0 N–H and O–H groups in total. The molecule has 0 unspecified atom stereocenters. The lowest BCUT2D eigenvalue weighted by atomic mass is 9.86. The number of hydrogen-bond acceptors (Lipinski definition) is 3. The Hall–Kier alpha value is -9.54. The first kappa shape index (κ1) is 55.6. The van der Waals surface area contributed by atoms with E-state index < -0.39 is 0 Å². The monoisotopic (exact) mass is 1130 g/mol. The lowest BCUT2D eigenvalue weighted by Crippen LogP contribution is -2.19. The summed E-state index contributed by atoms with van der Waals surface area (Å²) in [6, 6.07) is 72.3. The van der Waals surface area contributed by atoms with Gasteiger partial charge in [-0.2, -0.15) is 0 Å². The summed E-state index contributed by atoms with van der Waals surface area (Å²) in [5.74, 6) is 0. The molecule has 3 heteroatoms. The third kappa shape index (κ3) is 11.0. The molecule has 10 aromatic rings. The fourth-order valence-electron chi connectivity index (χ4n) is 12.9. The van der Waals surface area contributed by atoms with Crippen LogP contribution in [0.1, 0.15) is 83.9 Å². The molecule has 13 rings (SSSR count). The van der Waals surface area contributed by atoms with Crippen molar-refractivity contribution in [1.82, 2.24) is 0 Å². The van der Waals surface area contributed by atoms with Crippen LogP contribution in [-0.2, 0) is 11.8 Å². The zero-order valence-corrected chi connectivity index (χ0v) is 51.1. The van der Waals surface area contributed by atoms with E-state index in [0.29, 0.717) is 0 Å². The molecule has 0 radical (unpaired) electrons. The quantitative estimate of drug-likeness (QED) is 0.0944. The normalized spacial score (nSPS) is 14.3. The first-order chi connectivity index (χ1) is 41.9. The number of fused-ring (bicyclic) bond motifs is 4. The van der Waals surface area contributed by atoms with Crippen LogP contribution in [-0.4, -0.2) is 7.05 Å². The first-order valence-electron chi connectivity index (χ1n) is 30.3. The summed E-state index contributed by atoms with van der Waals surface area (Å²) in [5, 5.41) is 1.36. The Morgan fingerprint density at radius 1 is 0.477 bits per heavy atom. The van der Waals surface area contributed by atoms with Crippen LogP contribution in [0.15, 0.2) is 267 Å². The van der Waals surface area contributed by atoms with Gasteiger partial charge in [-0.05, 0) is 243 Å². The molecule has 0 aliphatic heterocycles. The maximum absolute atomic E-state index is 3.96. The van der Waals surface area contributed by atoms with Gasteiger partial charge in [0.15, 0.2) is 0 Å². The van der Waals surface area contributed by atoms with E-state index in [9.17, 15) is 0 Å². The Morgan fingerprint density at radius 3 is 1.53 bits per heavy atom. The number of hydrogen-bond donors (Lipinski definition) is 0. The Morgan fingerprint density at radius 2 is 0.977 bits per heavy atom. The highest BCUT2D eigenvalue weighted by Crippen LogP contribution is 2.47. The van der Waals surface area contributed by atoms with Gasteiger partial charge in [0.2, 0.25) is 0 Å². The summed E-state index contributed by atoms with van der Waals surface area (Å²) in [6.45, 7) is 19.1. The standard InChI is InChI=1S/C83H72N2S/c1-9-12-13-14-69-54-83(6,7)80-53-74(45-46-75(69)80)85(72-41-31-62(32-42-72)60-25-19-58(11-3)20-26-60)73-43-33-64(34-44-73)66-35-47-81-78(51-66)79-52-68(36-48-82(79)86-81)67-22-16-56(5)77(50-67)76-49-65(21-15-55(76)4)63-29-39-71(40-30-63)84(8)70-37-27-61(28-38-70)59-23-17-57(10-2)18-24-59/h9-33,36-43,45-46,48-54H,2-3,34-35,44,47H2,1,4-8H3/b12-9-,14-13-. The van der Waals surface area contributed by atoms with Gasteiger partial charge >= 0.3 is 0 Å². The molecule has 2 nitrogen and oxygen atoms in total. The van der Waals surface area contributed by atoms with Crippen molar-refractivity contribution in [2.45, 2.75) is 65.7 Å². The van der Waals surface area contributed by atoms with E-state index in [-0.39, 0.29) is 5.41 Å². The smallest absolute Gasteiger partial charge is 0.0461 e. The Bertz CT molecular complexity index is 4450. The van der Waals surface area contributed by atoms with E-state index in [2.05, 4.69) is 307 Å². The summed E-state index contributed by atoms with van der Waals surface area (Å²) >= 11 is 1.97. The third-order valence-corrected chi connectivity index (χ3v) is 19.2. The van der Waals surface area contributed by atoms with E-state index >= 15 is 0 Å². The van der Waals surface area contributed by atoms with Crippen LogP contribution < -0.4 is 9.80 Å². The molecule has 9 aromatic carbocycles. The molecule has 3 aliphatic carbocycles. The van der Waals surface area contributed by atoms with Crippen molar-refractivity contribution in [3.63, 3.8) is 0 Å². The SMILES string of the molecule is C=Cc1ccc(-c2ccc(N(C)c3ccc(-c4ccc(C)c(-c5cc(-c6ccc7sc8c(c7c6)C=C(C6=CC=C(N(c7ccc(-c9ccc(C=C)cc9)cc7)c7ccc9c(c7)C(C)(C)C=C9/C=C\C=C/C)CC6)CC8)ccc5C)c4)cc3)cc2)cc1. The second-order valence-electron chi connectivity index (χ2n) is 23.9. The molecule has 0 spiro atoms. The largest absolute Gasteiger partial charge is 0.345 e. The van der Waals surface area contributed by atoms with Gasteiger partial charge in [-0.1, -0.05) is 197 Å². The van der Waals surface area contributed by atoms with E-state index in [1.165, 1.54) is 132 Å². The topological polar surface area (TPSA) is 6.48 Å². The highest BCUT2D eigenvalue weighted by Gasteiger charge is 2.31. The van der Waals surface area contributed by atoms with Crippen molar-refractivity contribution >= 4 is 68.0 Å². The van der Waals surface area contributed by atoms with Gasteiger partial charge in [0.05, 0.1) is 0 Å². The Labute approximate surface area is 513 Å². The average molecular weight is 1130 g/mol. The second-order valence-corrected chi connectivity index (χ2v) is 25.0. The number of aryl methyl sites for hydroxylation is 3. The van der Waals surface area contributed by atoms with Crippen LogP contribution in [0, 0.1) is 13.8 Å². The van der Waals surface area contributed by atoms with Gasteiger partial charge in [0.25, 0.3) is 0 Å². The van der Waals surface area contributed by atoms with Crippen LogP contribution in [0.2, 0.25) is 0 Å². The average Bonchev–Trinajstić information content (AvgIpc) is 1.85. The molecule has 420 valence electrons. The van der Waals surface area contributed by atoms with Gasteiger partial charge in [-0.3, -0.25) is 0 Å². The predicted molar refractivity (Wildman–Crippen MR) is 375 cm³/mol. The minimum absolute atomic E-state index is 0.0967. The van der Waals surface area contributed by atoms with E-state index in [0.717, 1.165) is 48.2 Å². The zero-order chi connectivity index (χ0) is 59.1. The van der Waals surface area contributed by atoms with Crippen LogP contribution in [0.4, 0.5) is 22.7 Å². The minimum atomic E-state index is -0.0967. The van der Waals surface area contributed by atoms with Gasteiger partial charge < -0.3 is 9.80 Å².